The van der Waals surface area contributed by atoms with Crippen LogP contribution >= 0.6 is 0 Å². The highest BCUT2D eigenvalue weighted by molar-refractivity contribution is 5.23. The molecule has 1 aromatic carbocycles. The fourth-order valence-corrected chi connectivity index (χ4v) is 2.73. The third-order valence-corrected chi connectivity index (χ3v) is 3.86. The second kappa shape index (κ2) is 5.33. The van der Waals surface area contributed by atoms with E-state index in [4.69, 9.17) is 4.74 Å². The molecular weight excluding hydrogens is 238 g/mol. The Morgan fingerprint density at radius 2 is 1.83 bits per heavy atom. The summed E-state index contributed by atoms with van der Waals surface area (Å²) in [5.41, 5.74) is -0.291. The molecule has 1 aromatic rings. The van der Waals surface area contributed by atoms with E-state index < -0.39 is 23.3 Å². The van der Waals surface area contributed by atoms with Crippen molar-refractivity contribution in [1.82, 2.24) is 0 Å². The van der Waals surface area contributed by atoms with Crippen LogP contribution < -0.4 is 0 Å². The number of benzene rings is 1. The molecule has 1 atom stereocenters. The minimum Gasteiger partial charge on any atom is -0.385 e. The van der Waals surface area contributed by atoms with Crippen molar-refractivity contribution in [3.05, 3.63) is 35.4 Å². The first-order valence-corrected chi connectivity index (χ1v) is 6.27. The summed E-state index contributed by atoms with van der Waals surface area (Å²) < 4.78 is 31.6. The number of aliphatic hydroxyl groups excluding tert-OH is 1. The van der Waals surface area contributed by atoms with Crippen LogP contribution in [0, 0.1) is 11.6 Å². The minimum absolute atomic E-state index is 0.373. The van der Waals surface area contributed by atoms with E-state index in [9.17, 15) is 13.9 Å². The summed E-state index contributed by atoms with van der Waals surface area (Å²) in [4.78, 5) is 0. The van der Waals surface area contributed by atoms with Gasteiger partial charge in [-0.1, -0.05) is 25.3 Å². The van der Waals surface area contributed by atoms with Crippen molar-refractivity contribution in [2.75, 3.05) is 7.11 Å². The fraction of sp³-hybridized carbons (Fsp3) is 0.571. The third kappa shape index (κ3) is 2.40. The van der Waals surface area contributed by atoms with Crippen LogP contribution in [0.15, 0.2) is 18.2 Å². The molecule has 0 aliphatic heterocycles. The minimum atomic E-state index is -0.936. The Balaban J connectivity index is 2.27. The summed E-state index contributed by atoms with van der Waals surface area (Å²) >= 11 is 0. The molecular formula is C14H18F2O2. The Labute approximate surface area is 106 Å². The lowest BCUT2D eigenvalue weighted by Crippen LogP contribution is -2.40. The predicted molar refractivity (Wildman–Crippen MR) is 64.1 cm³/mol. The Morgan fingerprint density at radius 3 is 2.39 bits per heavy atom. The topological polar surface area (TPSA) is 29.5 Å². The van der Waals surface area contributed by atoms with Crippen LogP contribution in [0.4, 0.5) is 8.78 Å². The Morgan fingerprint density at radius 1 is 1.17 bits per heavy atom. The van der Waals surface area contributed by atoms with Gasteiger partial charge in [0.15, 0.2) is 11.6 Å². The molecule has 1 fully saturated rings. The quantitative estimate of drug-likeness (QED) is 0.898. The summed E-state index contributed by atoms with van der Waals surface area (Å²) in [6, 6.07) is 3.51. The molecule has 1 saturated carbocycles. The van der Waals surface area contributed by atoms with E-state index in [1.54, 1.807) is 7.11 Å². The number of hydrogen-bond donors (Lipinski definition) is 1. The maximum Gasteiger partial charge on any atom is 0.159 e. The van der Waals surface area contributed by atoms with Crippen molar-refractivity contribution in [3.8, 4) is 0 Å². The molecule has 1 N–H and O–H groups in total. The maximum atomic E-state index is 13.2. The molecule has 0 amide bonds. The molecule has 2 rings (SSSR count). The summed E-state index contributed by atoms with van der Waals surface area (Å²) in [5.74, 6) is -1.84. The van der Waals surface area contributed by atoms with Crippen molar-refractivity contribution in [2.45, 2.75) is 43.8 Å². The second-order valence-corrected chi connectivity index (χ2v) is 4.91. The van der Waals surface area contributed by atoms with Crippen LogP contribution in [0.3, 0.4) is 0 Å². The first kappa shape index (κ1) is 13.4. The standard InChI is InChI=1S/C14H18F2O2/c1-18-14(7-3-2-4-8-14)13(17)10-5-6-11(15)12(16)9-10/h5-6,9,13,17H,2-4,7-8H2,1H3. The normalized spacial score (nSPS) is 20.7. The van der Waals surface area contributed by atoms with Crippen LogP contribution in [0.5, 0.6) is 0 Å². The monoisotopic (exact) mass is 256 g/mol. The van der Waals surface area contributed by atoms with E-state index in [1.807, 2.05) is 0 Å². The van der Waals surface area contributed by atoms with Crippen molar-refractivity contribution in [1.29, 1.82) is 0 Å². The third-order valence-electron chi connectivity index (χ3n) is 3.86. The highest BCUT2D eigenvalue weighted by Gasteiger charge is 2.40. The molecule has 0 spiro atoms. The Bertz CT molecular complexity index is 414. The van der Waals surface area contributed by atoms with Gasteiger partial charge in [0.2, 0.25) is 0 Å². The molecule has 100 valence electrons. The van der Waals surface area contributed by atoms with Crippen molar-refractivity contribution >= 4 is 0 Å². The number of methoxy groups -OCH3 is 1. The van der Waals surface area contributed by atoms with Gasteiger partial charge in [-0.3, -0.25) is 0 Å². The molecule has 18 heavy (non-hydrogen) atoms. The molecule has 0 radical (unpaired) electrons. The molecule has 2 nitrogen and oxygen atoms in total. The smallest absolute Gasteiger partial charge is 0.159 e. The molecule has 0 bridgehead atoms. The molecule has 0 saturated heterocycles. The van der Waals surface area contributed by atoms with Gasteiger partial charge in [-0.25, -0.2) is 8.78 Å². The summed E-state index contributed by atoms with van der Waals surface area (Å²) in [5, 5.41) is 10.4. The van der Waals surface area contributed by atoms with E-state index in [1.165, 1.54) is 6.07 Å². The largest absolute Gasteiger partial charge is 0.385 e. The van der Waals surface area contributed by atoms with Gasteiger partial charge in [-0.15, -0.1) is 0 Å². The maximum absolute atomic E-state index is 13.2. The zero-order valence-corrected chi connectivity index (χ0v) is 10.5. The number of aliphatic hydroxyl groups is 1. The predicted octanol–water partition coefficient (Wildman–Crippen LogP) is 3.35. The van der Waals surface area contributed by atoms with Gasteiger partial charge < -0.3 is 9.84 Å². The van der Waals surface area contributed by atoms with E-state index in [-0.39, 0.29) is 0 Å². The molecule has 1 unspecified atom stereocenters. The van der Waals surface area contributed by atoms with Crippen LogP contribution in [-0.2, 0) is 4.74 Å². The van der Waals surface area contributed by atoms with E-state index in [0.29, 0.717) is 5.56 Å². The first-order valence-electron chi connectivity index (χ1n) is 6.27. The van der Waals surface area contributed by atoms with E-state index >= 15 is 0 Å². The summed E-state index contributed by atoms with van der Waals surface area (Å²) in [7, 11) is 1.56. The number of ether oxygens (including phenoxy) is 1. The van der Waals surface area contributed by atoms with Crippen LogP contribution in [0.1, 0.15) is 43.8 Å². The summed E-state index contributed by atoms with van der Waals surface area (Å²) in [6.07, 6.45) is 3.64. The average molecular weight is 256 g/mol. The van der Waals surface area contributed by atoms with Gasteiger partial charge in [-0.2, -0.15) is 0 Å². The van der Waals surface area contributed by atoms with E-state index in [2.05, 4.69) is 0 Å². The Hall–Kier alpha value is -1.00. The van der Waals surface area contributed by atoms with Gasteiger partial charge in [0.1, 0.15) is 6.10 Å². The number of hydrogen-bond acceptors (Lipinski definition) is 2. The first-order chi connectivity index (χ1) is 8.59. The summed E-state index contributed by atoms with van der Waals surface area (Å²) in [6.45, 7) is 0. The average Bonchev–Trinajstić information content (AvgIpc) is 2.42. The van der Waals surface area contributed by atoms with Gasteiger partial charge in [0.05, 0.1) is 5.60 Å². The van der Waals surface area contributed by atoms with Crippen molar-refractivity contribution in [2.24, 2.45) is 0 Å². The molecule has 1 aliphatic rings. The van der Waals surface area contributed by atoms with E-state index in [0.717, 1.165) is 44.2 Å². The fourth-order valence-electron chi connectivity index (χ4n) is 2.73. The van der Waals surface area contributed by atoms with Crippen LogP contribution in [-0.4, -0.2) is 17.8 Å². The highest BCUT2D eigenvalue weighted by atomic mass is 19.2. The second-order valence-electron chi connectivity index (χ2n) is 4.91. The molecule has 0 heterocycles. The van der Waals surface area contributed by atoms with Crippen molar-refractivity contribution in [3.63, 3.8) is 0 Å². The van der Waals surface area contributed by atoms with Gasteiger partial charge in [0.25, 0.3) is 0 Å². The SMILES string of the molecule is COC1(C(O)c2ccc(F)c(F)c2)CCCCC1. The van der Waals surface area contributed by atoms with Crippen molar-refractivity contribution < 1.29 is 18.6 Å². The molecule has 0 aromatic heterocycles. The zero-order valence-electron chi connectivity index (χ0n) is 10.5. The lowest BCUT2D eigenvalue weighted by molar-refractivity contribution is -0.125. The lowest BCUT2D eigenvalue weighted by atomic mass is 9.78. The zero-order chi connectivity index (χ0) is 13.2. The molecule has 4 heteroatoms. The Kier molecular flexibility index (Phi) is 3.97. The number of rotatable bonds is 3. The van der Waals surface area contributed by atoms with Crippen LogP contribution in [0.2, 0.25) is 0 Å². The number of halogens is 2. The van der Waals surface area contributed by atoms with Gasteiger partial charge >= 0.3 is 0 Å². The lowest BCUT2D eigenvalue weighted by Gasteiger charge is -2.40. The highest BCUT2D eigenvalue weighted by Crippen LogP contribution is 2.41. The molecule has 1 aliphatic carbocycles. The van der Waals surface area contributed by atoms with Gasteiger partial charge in [0, 0.05) is 7.11 Å². The van der Waals surface area contributed by atoms with Crippen LogP contribution in [0.25, 0.3) is 0 Å². The van der Waals surface area contributed by atoms with Gasteiger partial charge in [-0.05, 0) is 30.5 Å².